The molecule has 0 aliphatic heterocycles. The van der Waals surface area contributed by atoms with E-state index in [0.717, 1.165) is 6.29 Å². The first-order valence-corrected chi connectivity index (χ1v) is 7.62. The first kappa shape index (κ1) is 14.5. The van der Waals surface area contributed by atoms with Gasteiger partial charge < -0.3 is 4.74 Å². The quantitative estimate of drug-likeness (QED) is 0.669. The average molecular weight is 316 g/mol. The van der Waals surface area contributed by atoms with Crippen LogP contribution in [0.25, 0.3) is 16.4 Å². The van der Waals surface area contributed by atoms with Gasteiger partial charge in [0.25, 0.3) is 0 Å². The molecule has 0 atom stereocenters. The Balaban J connectivity index is 1.94. The summed E-state index contributed by atoms with van der Waals surface area (Å²) in [5.41, 5.74) is 1.86. The van der Waals surface area contributed by atoms with Crippen LogP contribution in [-0.2, 0) is 0 Å². The van der Waals surface area contributed by atoms with Crippen LogP contribution in [0.3, 0.4) is 0 Å². The molecule has 0 saturated carbocycles. The summed E-state index contributed by atoms with van der Waals surface area (Å²) in [6.45, 7) is 2.22. The second kappa shape index (κ2) is 6.11. The molecule has 0 aliphatic rings. The minimum Gasteiger partial charge on any atom is -0.491 e. The molecular weight excluding hydrogens is 303 g/mol. The van der Waals surface area contributed by atoms with Gasteiger partial charge >= 0.3 is 0 Å². The molecule has 6 heteroatoms. The van der Waals surface area contributed by atoms with Crippen molar-refractivity contribution in [1.29, 1.82) is 0 Å². The van der Waals surface area contributed by atoms with Crippen LogP contribution in [-0.4, -0.2) is 22.4 Å². The summed E-state index contributed by atoms with van der Waals surface area (Å²) in [7, 11) is 0. The Morgan fingerprint density at radius 1 is 1.41 bits per heavy atom. The molecule has 0 spiro atoms. The number of nitrogens with zero attached hydrogens (tertiary/aromatic N) is 2. The zero-order chi connectivity index (χ0) is 15.5. The molecule has 0 unspecified atom stereocenters. The monoisotopic (exact) mass is 316 g/mol. The molecule has 0 bridgehead atoms. The SMILES string of the molecule is CCOc1ccc(-c2csc(-n3cccc3C=O)n2)cc1F. The maximum atomic E-state index is 13.9. The van der Waals surface area contributed by atoms with Crippen molar-refractivity contribution < 1.29 is 13.9 Å². The second-order valence-corrected chi connectivity index (χ2v) is 5.35. The molecule has 0 fully saturated rings. The first-order chi connectivity index (χ1) is 10.7. The molecule has 1 aromatic carbocycles. The Labute approximate surface area is 130 Å². The van der Waals surface area contributed by atoms with E-state index in [0.29, 0.717) is 28.7 Å². The summed E-state index contributed by atoms with van der Waals surface area (Å²) in [5, 5.41) is 2.50. The van der Waals surface area contributed by atoms with E-state index >= 15 is 0 Å². The average Bonchev–Trinajstić information content (AvgIpc) is 3.17. The number of ether oxygens (including phenoxy) is 1. The van der Waals surface area contributed by atoms with Crippen molar-refractivity contribution in [2.75, 3.05) is 6.61 Å². The zero-order valence-electron chi connectivity index (χ0n) is 11.8. The molecule has 0 aliphatic carbocycles. The highest BCUT2D eigenvalue weighted by molar-refractivity contribution is 7.12. The largest absolute Gasteiger partial charge is 0.491 e. The van der Waals surface area contributed by atoms with Gasteiger partial charge in [-0.1, -0.05) is 0 Å². The molecule has 4 nitrogen and oxygen atoms in total. The van der Waals surface area contributed by atoms with Crippen LogP contribution >= 0.6 is 11.3 Å². The normalized spacial score (nSPS) is 10.6. The minimum atomic E-state index is -0.413. The number of carbonyl (C=O) groups is 1. The number of halogens is 1. The fraction of sp³-hybridized carbons (Fsp3) is 0.125. The summed E-state index contributed by atoms with van der Waals surface area (Å²) < 4.78 is 20.8. The summed E-state index contributed by atoms with van der Waals surface area (Å²) >= 11 is 1.39. The predicted octanol–water partition coefficient (Wildman–Crippen LogP) is 3.95. The van der Waals surface area contributed by atoms with Gasteiger partial charge in [0.2, 0.25) is 0 Å². The molecule has 3 rings (SSSR count). The van der Waals surface area contributed by atoms with Crippen LogP contribution in [0.1, 0.15) is 17.4 Å². The lowest BCUT2D eigenvalue weighted by atomic mass is 10.1. The van der Waals surface area contributed by atoms with Gasteiger partial charge in [-0.2, -0.15) is 0 Å². The molecule has 0 amide bonds. The maximum absolute atomic E-state index is 13.9. The van der Waals surface area contributed by atoms with Crippen LogP contribution < -0.4 is 4.74 Å². The van der Waals surface area contributed by atoms with Gasteiger partial charge in [-0.3, -0.25) is 9.36 Å². The van der Waals surface area contributed by atoms with Crippen molar-refractivity contribution in [3.8, 4) is 22.1 Å². The molecule has 22 heavy (non-hydrogen) atoms. The number of carbonyl (C=O) groups excluding carboxylic acids is 1. The molecule has 0 radical (unpaired) electrons. The number of rotatable bonds is 5. The van der Waals surface area contributed by atoms with Crippen molar-refractivity contribution in [2.24, 2.45) is 0 Å². The Bertz CT molecular complexity index is 810. The van der Waals surface area contributed by atoms with E-state index < -0.39 is 5.82 Å². The van der Waals surface area contributed by atoms with Crippen LogP contribution in [0.4, 0.5) is 4.39 Å². The lowest BCUT2D eigenvalue weighted by Gasteiger charge is -2.05. The van der Waals surface area contributed by atoms with Gasteiger partial charge in [-0.15, -0.1) is 11.3 Å². The Hall–Kier alpha value is -2.47. The zero-order valence-corrected chi connectivity index (χ0v) is 12.6. The fourth-order valence-electron chi connectivity index (χ4n) is 2.10. The van der Waals surface area contributed by atoms with Crippen molar-refractivity contribution in [2.45, 2.75) is 6.92 Å². The maximum Gasteiger partial charge on any atom is 0.194 e. The van der Waals surface area contributed by atoms with Gasteiger partial charge in [0.1, 0.15) is 0 Å². The molecule has 3 aromatic rings. The minimum absolute atomic E-state index is 0.232. The Morgan fingerprint density at radius 3 is 3.00 bits per heavy atom. The van der Waals surface area contributed by atoms with Crippen LogP contribution in [0.2, 0.25) is 0 Å². The van der Waals surface area contributed by atoms with Gasteiger partial charge in [0.05, 0.1) is 18.0 Å². The summed E-state index contributed by atoms with van der Waals surface area (Å²) in [6, 6.07) is 8.26. The van der Waals surface area contributed by atoms with E-state index in [9.17, 15) is 9.18 Å². The van der Waals surface area contributed by atoms with Gasteiger partial charge in [-0.05, 0) is 37.3 Å². The number of benzene rings is 1. The molecule has 0 saturated heterocycles. The third-order valence-electron chi connectivity index (χ3n) is 3.13. The Kier molecular flexibility index (Phi) is 4.02. The van der Waals surface area contributed by atoms with Crippen molar-refractivity contribution in [3.63, 3.8) is 0 Å². The lowest BCUT2D eigenvalue weighted by molar-refractivity contribution is 0.111. The van der Waals surface area contributed by atoms with E-state index in [1.807, 2.05) is 12.3 Å². The summed E-state index contributed by atoms with van der Waals surface area (Å²) in [6.07, 6.45) is 2.54. The van der Waals surface area contributed by atoms with Crippen molar-refractivity contribution >= 4 is 17.6 Å². The van der Waals surface area contributed by atoms with Crippen LogP contribution in [0, 0.1) is 5.82 Å². The van der Waals surface area contributed by atoms with E-state index in [2.05, 4.69) is 4.98 Å². The molecular formula is C16H13FN2O2S. The molecule has 2 heterocycles. The number of aromatic nitrogens is 2. The van der Waals surface area contributed by atoms with Gasteiger partial charge in [-0.25, -0.2) is 9.37 Å². The topological polar surface area (TPSA) is 44.1 Å². The van der Waals surface area contributed by atoms with Gasteiger partial charge in [0, 0.05) is 17.1 Å². The number of thiazole rings is 1. The van der Waals surface area contributed by atoms with E-state index in [4.69, 9.17) is 4.74 Å². The standard InChI is InChI=1S/C16H13FN2O2S/c1-2-21-15-6-5-11(8-13(15)17)14-10-22-16(18-14)19-7-3-4-12(19)9-20/h3-10H,2H2,1H3. The van der Waals surface area contributed by atoms with E-state index in [-0.39, 0.29) is 5.75 Å². The summed E-state index contributed by atoms with van der Waals surface area (Å²) in [4.78, 5) is 15.4. The second-order valence-electron chi connectivity index (χ2n) is 4.51. The fourth-order valence-corrected chi connectivity index (χ4v) is 2.94. The highest BCUT2D eigenvalue weighted by atomic mass is 32.1. The van der Waals surface area contributed by atoms with E-state index in [1.54, 1.807) is 35.0 Å². The third kappa shape index (κ3) is 2.65. The van der Waals surface area contributed by atoms with Crippen LogP contribution in [0.15, 0.2) is 41.9 Å². The number of hydrogen-bond acceptors (Lipinski definition) is 4. The van der Waals surface area contributed by atoms with E-state index in [1.165, 1.54) is 17.4 Å². The lowest BCUT2D eigenvalue weighted by Crippen LogP contribution is -1.97. The molecule has 112 valence electrons. The summed E-state index contributed by atoms with van der Waals surface area (Å²) in [5.74, 6) is -0.182. The van der Waals surface area contributed by atoms with Gasteiger partial charge in [0.15, 0.2) is 23.0 Å². The van der Waals surface area contributed by atoms with Crippen molar-refractivity contribution in [3.05, 3.63) is 53.4 Å². The third-order valence-corrected chi connectivity index (χ3v) is 3.97. The predicted molar refractivity (Wildman–Crippen MR) is 83.4 cm³/mol. The van der Waals surface area contributed by atoms with Crippen molar-refractivity contribution in [1.82, 2.24) is 9.55 Å². The smallest absolute Gasteiger partial charge is 0.194 e. The molecule has 0 N–H and O–H groups in total. The Morgan fingerprint density at radius 2 is 2.27 bits per heavy atom. The number of hydrogen-bond donors (Lipinski definition) is 0. The van der Waals surface area contributed by atoms with Crippen LogP contribution in [0.5, 0.6) is 5.75 Å². The number of aldehydes is 1. The highest BCUT2D eigenvalue weighted by Gasteiger charge is 2.11. The first-order valence-electron chi connectivity index (χ1n) is 6.74. The molecule has 2 aromatic heterocycles. The highest BCUT2D eigenvalue weighted by Crippen LogP contribution is 2.28.